The summed E-state index contributed by atoms with van der Waals surface area (Å²) in [6, 6.07) is 14.0. The lowest BCUT2D eigenvalue weighted by Gasteiger charge is -2.13. The Morgan fingerprint density at radius 3 is 2.35 bits per heavy atom. The molecule has 1 atom stereocenters. The Balaban J connectivity index is 2.48. The van der Waals surface area contributed by atoms with Crippen molar-refractivity contribution in [3.05, 3.63) is 59.9 Å². The van der Waals surface area contributed by atoms with Crippen LogP contribution < -0.4 is 0 Å². The van der Waals surface area contributed by atoms with E-state index < -0.39 is 0 Å². The van der Waals surface area contributed by atoms with Crippen molar-refractivity contribution in [2.24, 2.45) is 0 Å². The van der Waals surface area contributed by atoms with Gasteiger partial charge in [0.25, 0.3) is 0 Å². The smallest absolute Gasteiger partial charge is 0.123 e. The number of hydrogen-bond acceptors (Lipinski definition) is 2. The van der Waals surface area contributed by atoms with E-state index in [-0.39, 0.29) is 17.7 Å². The lowest BCUT2D eigenvalue weighted by atomic mass is 9.98. The second kappa shape index (κ2) is 5.34. The summed E-state index contributed by atoms with van der Waals surface area (Å²) in [5.41, 5.74) is 2.85. The Morgan fingerprint density at radius 1 is 1.06 bits per heavy atom. The zero-order valence-corrected chi connectivity index (χ0v) is 10.1. The van der Waals surface area contributed by atoms with E-state index in [0.29, 0.717) is 0 Å². The van der Waals surface area contributed by atoms with Crippen LogP contribution in [-0.2, 0) is 0 Å². The van der Waals surface area contributed by atoms with E-state index >= 15 is 0 Å². The van der Waals surface area contributed by atoms with Crippen molar-refractivity contribution in [3.8, 4) is 11.1 Å². The fourth-order valence-corrected chi connectivity index (χ4v) is 2.00. The van der Waals surface area contributed by atoms with Gasteiger partial charge in [-0.1, -0.05) is 36.4 Å². The minimum Gasteiger partial charge on any atom is -0.395 e. The van der Waals surface area contributed by atoms with Gasteiger partial charge in [0.2, 0.25) is 0 Å². The van der Waals surface area contributed by atoms with Crippen LogP contribution >= 0.6 is 12.6 Å². The molecule has 0 heterocycles. The molecule has 0 aliphatic rings. The van der Waals surface area contributed by atoms with E-state index in [1.165, 1.54) is 12.1 Å². The summed E-state index contributed by atoms with van der Waals surface area (Å²) in [7, 11) is 0. The maximum Gasteiger partial charge on any atom is 0.123 e. The highest BCUT2D eigenvalue weighted by atomic mass is 32.1. The summed E-state index contributed by atoms with van der Waals surface area (Å²) in [5, 5.41) is 8.94. The SMILES string of the molecule is OCC(S)c1ccccc1-c1ccc(F)cc1. The molecule has 0 bridgehead atoms. The van der Waals surface area contributed by atoms with Gasteiger partial charge in [-0.3, -0.25) is 0 Å². The van der Waals surface area contributed by atoms with Gasteiger partial charge in [-0.15, -0.1) is 0 Å². The van der Waals surface area contributed by atoms with Crippen LogP contribution in [0.5, 0.6) is 0 Å². The third-order valence-corrected chi connectivity index (χ3v) is 3.09. The van der Waals surface area contributed by atoms with Gasteiger partial charge in [-0.25, -0.2) is 4.39 Å². The number of halogens is 1. The Hall–Kier alpha value is -1.32. The molecule has 2 rings (SSSR count). The summed E-state index contributed by atoms with van der Waals surface area (Å²) in [5.74, 6) is -0.254. The van der Waals surface area contributed by atoms with E-state index in [1.54, 1.807) is 12.1 Å². The van der Waals surface area contributed by atoms with Gasteiger partial charge in [-0.2, -0.15) is 12.6 Å². The Kier molecular flexibility index (Phi) is 3.82. The van der Waals surface area contributed by atoms with Crippen LogP contribution in [0.15, 0.2) is 48.5 Å². The molecule has 88 valence electrons. The van der Waals surface area contributed by atoms with E-state index in [4.69, 9.17) is 5.11 Å². The second-order valence-corrected chi connectivity index (χ2v) is 4.42. The minimum atomic E-state index is -0.254. The first-order chi connectivity index (χ1) is 8.22. The quantitative estimate of drug-likeness (QED) is 0.797. The summed E-state index contributed by atoms with van der Waals surface area (Å²) in [4.78, 5) is 0. The molecule has 0 aliphatic carbocycles. The highest BCUT2D eigenvalue weighted by Gasteiger charge is 2.11. The van der Waals surface area contributed by atoms with Crippen LogP contribution in [0, 0.1) is 5.82 Å². The monoisotopic (exact) mass is 248 g/mol. The molecular weight excluding hydrogens is 235 g/mol. The van der Waals surface area contributed by atoms with Crippen molar-refractivity contribution in [1.82, 2.24) is 0 Å². The molecule has 1 N–H and O–H groups in total. The van der Waals surface area contributed by atoms with Gasteiger partial charge < -0.3 is 5.11 Å². The lowest BCUT2D eigenvalue weighted by molar-refractivity contribution is 0.297. The van der Waals surface area contributed by atoms with Crippen LogP contribution in [0.25, 0.3) is 11.1 Å². The van der Waals surface area contributed by atoms with Gasteiger partial charge in [-0.05, 0) is 28.8 Å². The molecule has 0 saturated carbocycles. The summed E-state index contributed by atoms with van der Waals surface area (Å²) in [6.07, 6.45) is 0. The third kappa shape index (κ3) is 2.68. The number of hydrogen-bond donors (Lipinski definition) is 2. The van der Waals surface area contributed by atoms with Crippen molar-refractivity contribution >= 4 is 12.6 Å². The van der Waals surface area contributed by atoms with E-state index in [0.717, 1.165) is 16.7 Å². The highest BCUT2D eigenvalue weighted by Crippen LogP contribution is 2.30. The Morgan fingerprint density at radius 2 is 1.71 bits per heavy atom. The molecule has 0 aromatic heterocycles. The van der Waals surface area contributed by atoms with Crippen LogP contribution in [-0.4, -0.2) is 11.7 Å². The Labute approximate surface area is 105 Å². The average Bonchev–Trinajstić information content (AvgIpc) is 2.39. The fraction of sp³-hybridized carbons (Fsp3) is 0.143. The lowest BCUT2D eigenvalue weighted by Crippen LogP contribution is -1.98. The minimum absolute atomic E-state index is 0.0265. The molecule has 0 amide bonds. The predicted octanol–water partition coefficient (Wildman–Crippen LogP) is 3.46. The molecule has 17 heavy (non-hydrogen) atoms. The molecule has 1 nitrogen and oxygen atoms in total. The van der Waals surface area contributed by atoms with Gasteiger partial charge in [0.1, 0.15) is 5.82 Å². The maximum absolute atomic E-state index is 12.9. The zero-order valence-electron chi connectivity index (χ0n) is 9.18. The Bertz CT molecular complexity index is 496. The van der Waals surface area contributed by atoms with Gasteiger partial charge in [0.15, 0.2) is 0 Å². The number of aliphatic hydroxyl groups is 1. The van der Waals surface area contributed by atoms with E-state index in [2.05, 4.69) is 12.6 Å². The van der Waals surface area contributed by atoms with Crippen LogP contribution in [0.1, 0.15) is 10.8 Å². The molecule has 0 saturated heterocycles. The van der Waals surface area contributed by atoms with Crippen LogP contribution in [0.3, 0.4) is 0 Å². The van der Waals surface area contributed by atoms with E-state index in [1.807, 2.05) is 24.3 Å². The normalized spacial score (nSPS) is 12.4. The third-order valence-electron chi connectivity index (χ3n) is 2.65. The topological polar surface area (TPSA) is 20.2 Å². The fourth-order valence-electron chi connectivity index (χ4n) is 1.78. The molecule has 0 radical (unpaired) electrons. The summed E-state index contributed by atoms with van der Waals surface area (Å²) in [6.45, 7) is -0.0265. The molecule has 0 spiro atoms. The van der Waals surface area contributed by atoms with Gasteiger partial charge >= 0.3 is 0 Å². The number of thiol groups is 1. The standard InChI is InChI=1S/C14H13FOS/c15-11-7-5-10(6-8-11)12-3-1-2-4-13(12)14(17)9-16/h1-8,14,16-17H,9H2. The maximum atomic E-state index is 12.9. The van der Waals surface area contributed by atoms with Gasteiger partial charge in [0, 0.05) is 0 Å². The second-order valence-electron chi connectivity index (χ2n) is 3.79. The summed E-state index contributed by atoms with van der Waals surface area (Å²) < 4.78 is 12.9. The van der Waals surface area contributed by atoms with Crippen molar-refractivity contribution < 1.29 is 9.50 Å². The molecule has 2 aromatic carbocycles. The van der Waals surface area contributed by atoms with E-state index in [9.17, 15) is 4.39 Å². The molecule has 2 aromatic rings. The summed E-state index contributed by atoms with van der Waals surface area (Å²) >= 11 is 4.34. The number of aliphatic hydroxyl groups excluding tert-OH is 1. The molecule has 3 heteroatoms. The first-order valence-electron chi connectivity index (χ1n) is 5.36. The van der Waals surface area contributed by atoms with Crippen molar-refractivity contribution in [2.45, 2.75) is 5.25 Å². The molecular formula is C14H13FOS. The first-order valence-corrected chi connectivity index (χ1v) is 5.88. The average molecular weight is 248 g/mol. The molecule has 1 unspecified atom stereocenters. The molecule has 0 fully saturated rings. The zero-order chi connectivity index (χ0) is 12.3. The molecule has 0 aliphatic heterocycles. The van der Waals surface area contributed by atoms with Crippen molar-refractivity contribution in [2.75, 3.05) is 6.61 Å². The largest absolute Gasteiger partial charge is 0.395 e. The van der Waals surface area contributed by atoms with Crippen LogP contribution in [0.2, 0.25) is 0 Å². The number of rotatable bonds is 3. The first kappa shape index (κ1) is 12.1. The predicted molar refractivity (Wildman–Crippen MR) is 70.6 cm³/mol. The van der Waals surface area contributed by atoms with Crippen molar-refractivity contribution in [1.29, 1.82) is 0 Å². The number of benzene rings is 2. The highest BCUT2D eigenvalue weighted by molar-refractivity contribution is 7.80. The van der Waals surface area contributed by atoms with Crippen LogP contribution in [0.4, 0.5) is 4.39 Å². The van der Waals surface area contributed by atoms with Crippen molar-refractivity contribution in [3.63, 3.8) is 0 Å². The van der Waals surface area contributed by atoms with Gasteiger partial charge in [0.05, 0.1) is 11.9 Å².